The summed E-state index contributed by atoms with van der Waals surface area (Å²) in [5, 5.41) is 24.5. The molecule has 0 aromatic heterocycles. The molecule has 0 unspecified atom stereocenters. The van der Waals surface area contributed by atoms with Crippen LogP contribution in [-0.4, -0.2) is 28.0 Å². The molecule has 7 heteroatoms. The Labute approximate surface area is 141 Å². The molecule has 4 N–H and O–H groups in total. The molecule has 1 aromatic rings. The molecule has 24 heavy (non-hydrogen) atoms. The fourth-order valence-electron chi connectivity index (χ4n) is 3.05. The second kappa shape index (κ2) is 6.76. The molecular formula is C17H25N3O4. The minimum Gasteiger partial charge on any atom is -0.507 e. The fourth-order valence-corrected chi connectivity index (χ4v) is 3.05. The van der Waals surface area contributed by atoms with Crippen LogP contribution in [0.5, 0.6) is 5.75 Å². The first-order valence-electron chi connectivity index (χ1n) is 8.19. The number of nitrogens with one attached hydrogen (secondary N) is 1. The Hall–Kier alpha value is -2.15. The van der Waals surface area contributed by atoms with E-state index in [1.54, 1.807) is 0 Å². The van der Waals surface area contributed by atoms with Gasteiger partial charge in [-0.15, -0.1) is 0 Å². The van der Waals surface area contributed by atoms with E-state index in [2.05, 4.69) is 5.32 Å². The summed E-state index contributed by atoms with van der Waals surface area (Å²) >= 11 is 0. The number of phenolic OH excluding ortho intramolecular Hbond substituents is 1. The van der Waals surface area contributed by atoms with Crippen LogP contribution in [0.2, 0.25) is 0 Å². The number of phenols is 1. The van der Waals surface area contributed by atoms with Gasteiger partial charge in [-0.2, -0.15) is 0 Å². The molecule has 0 heterocycles. The lowest BCUT2D eigenvalue weighted by Crippen LogP contribution is -2.49. The summed E-state index contributed by atoms with van der Waals surface area (Å²) in [6.45, 7) is 5.47. The maximum absolute atomic E-state index is 12.6. The van der Waals surface area contributed by atoms with Gasteiger partial charge in [0.05, 0.1) is 10.5 Å². The number of nitrogens with two attached hydrogens (primary N) is 1. The Bertz CT molecular complexity index is 652. The quantitative estimate of drug-likeness (QED) is 0.579. The van der Waals surface area contributed by atoms with E-state index in [1.165, 1.54) is 6.07 Å². The number of non-ortho nitro benzene ring substituents is 1. The van der Waals surface area contributed by atoms with E-state index in [0.717, 1.165) is 31.7 Å². The highest BCUT2D eigenvalue weighted by atomic mass is 16.6. The van der Waals surface area contributed by atoms with E-state index in [0.29, 0.717) is 5.56 Å². The third-order valence-corrected chi connectivity index (χ3v) is 4.49. The van der Waals surface area contributed by atoms with Gasteiger partial charge in [-0.25, -0.2) is 0 Å². The Morgan fingerprint density at radius 2 is 1.96 bits per heavy atom. The summed E-state index contributed by atoms with van der Waals surface area (Å²) in [5.41, 5.74) is 5.58. The number of nitrogens with zero attached hydrogens (tertiary/aromatic N) is 1. The highest BCUT2D eigenvalue weighted by Gasteiger charge is 2.29. The Kier molecular flexibility index (Phi) is 5.13. The first-order valence-corrected chi connectivity index (χ1v) is 8.19. The largest absolute Gasteiger partial charge is 0.507 e. The van der Waals surface area contributed by atoms with Crippen molar-refractivity contribution in [2.75, 3.05) is 0 Å². The summed E-state index contributed by atoms with van der Waals surface area (Å²) in [4.78, 5) is 23.2. The SMILES string of the molecule is CC(C)(C)c1cc([N+](=O)[O-])cc(C(=O)N[C@H]2CCCC[C@@H]2N)c1O. The van der Waals surface area contributed by atoms with Crippen molar-refractivity contribution in [1.29, 1.82) is 0 Å². The van der Waals surface area contributed by atoms with Crippen molar-refractivity contribution in [2.45, 2.75) is 64.0 Å². The second-order valence-corrected chi connectivity index (χ2v) is 7.42. The van der Waals surface area contributed by atoms with Gasteiger partial charge in [0.1, 0.15) is 5.75 Å². The number of rotatable bonds is 3. The van der Waals surface area contributed by atoms with Crippen LogP contribution in [0.1, 0.15) is 62.4 Å². The zero-order valence-electron chi connectivity index (χ0n) is 14.3. The number of hydrogen-bond donors (Lipinski definition) is 3. The van der Waals surface area contributed by atoms with E-state index < -0.39 is 16.2 Å². The van der Waals surface area contributed by atoms with Gasteiger partial charge in [-0.1, -0.05) is 33.6 Å². The predicted octanol–water partition coefficient (Wildman–Crippen LogP) is 2.60. The van der Waals surface area contributed by atoms with Crippen molar-refractivity contribution in [3.63, 3.8) is 0 Å². The first-order chi connectivity index (χ1) is 11.1. The van der Waals surface area contributed by atoms with Crippen LogP contribution in [0.3, 0.4) is 0 Å². The molecule has 0 bridgehead atoms. The van der Waals surface area contributed by atoms with Crippen LogP contribution in [-0.2, 0) is 5.41 Å². The highest BCUT2D eigenvalue weighted by Crippen LogP contribution is 2.36. The van der Waals surface area contributed by atoms with Crippen LogP contribution in [0.25, 0.3) is 0 Å². The predicted molar refractivity (Wildman–Crippen MR) is 91.2 cm³/mol. The van der Waals surface area contributed by atoms with Gasteiger partial charge >= 0.3 is 0 Å². The topological polar surface area (TPSA) is 118 Å². The summed E-state index contributed by atoms with van der Waals surface area (Å²) in [6.07, 6.45) is 3.62. The molecular weight excluding hydrogens is 310 g/mol. The molecule has 1 aliphatic carbocycles. The zero-order valence-corrected chi connectivity index (χ0v) is 14.3. The van der Waals surface area contributed by atoms with E-state index in [1.807, 2.05) is 20.8 Å². The van der Waals surface area contributed by atoms with Crippen molar-refractivity contribution in [1.82, 2.24) is 5.32 Å². The van der Waals surface area contributed by atoms with Crippen molar-refractivity contribution in [3.8, 4) is 5.75 Å². The van der Waals surface area contributed by atoms with Crippen LogP contribution in [0, 0.1) is 10.1 Å². The maximum Gasteiger partial charge on any atom is 0.270 e. The van der Waals surface area contributed by atoms with Gasteiger partial charge in [0.2, 0.25) is 0 Å². The van der Waals surface area contributed by atoms with Crippen LogP contribution in [0.4, 0.5) is 5.69 Å². The lowest BCUT2D eigenvalue weighted by atomic mass is 9.84. The van der Waals surface area contributed by atoms with Gasteiger partial charge in [0, 0.05) is 29.8 Å². The normalized spacial score (nSPS) is 21.3. The van der Waals surface area contributed by atoms with Crippen molar-refractivity contribution >= 4 is 11.6 Å². The summed E-state index contributed by atoms with van der Waals surface area (Å²) < 4.78 is 0. The summed E-state index contributed by atoms with van der Waals surface area (Å²) in [7, 11) is 0. The number of amides is 1. The fraction of sp³-hybridized carbons (Fsp3) is 0.588. The van der Waals surface area contributed by atoms with Crippen molar-refractivity contribution in [3.05, 3.63) is 33.4 Å². The third-order valence-electron chi connectivity index (χ3n) is 4.49. The highest BCUT2D eigenvalue weighted by molar-refractivity contribution is 5.98. The van der Waals surface area contributed by atoms with Crippen molar-refractivity contribution < 1.29 is 14.8 Å². The molecule has 0 aliphatic heterocycles. The Morgan fingerprint density at radius 1 is 1.33 bits per heavy atom. The number of carbonyl (C=O) groups excluding carboxylic acids is 1. The van der Waals surface area contributed by atoms with Gasteiger partial charge in [-0.3, -0.25) is 14.9 Å². The number of benzene rings is 1. The van der Waals surface area contributed by atoms with E-state index in [9.17, 15) is 20.0 Å². The number of nitro groups is 1. The molecule has 1 aliphatic rings. The molecule has 1 fully saturated rings. The molecule has 0 radical (unpaired) electrons. The first kappa shape index (κ1) is 18.2. The Balaban J connectivity index is 2.39. The molecule has 132 valence electrons. The number of aromatic hydroxyl groups is 1. The average molecular weight is 335 g/mol. The van der Waals surface area contributed by atoms with Gasteiger partial charge < -0.3 is 16.2 Å². The smallest absolute Gasteiger partial charge is 0.270 e. The van der Waals surface area contributed by atoms with E-state index in [-0.39, 0.29) is 29.1 Å². The molecule has 0 spiro atoms. The standard InChI is InChI=1S/C17H25N3O4/c1-17(2,3)12-9-10(20(23)24)8-11(15(12)21)16(22)19-14-7-5-4-6-13(14)18/h8-9,13-14,21H,4-7,18H2,1-3H3,(H,19,22)/t13-,14-/m0/s1. The minimum absolute atomic E-state index is 0.0769. The van der Waals surface area contributed by atoms with Crippen LogP contribution in [0.15, 0.2) is 12.1 Å². The van der Waals surface area contributed by atoms with Crippen molar-refractivity contribution in [2.24, 2.45) is 5.73 Å². The molecule has 1 amide bonds. The Morgan fingerprint density at radius 3 is 2.50 bits per heavy atom. The van der Waals surface area contributed by atoms with E-state index in [4.69, 9.17) is 5.73 Å². The molecule has 1 aromatic carbocycles. The zero-order chi connectivity index (χ0) is 18.1. The minimum atomic E-state index is -0.558. The monoisotopic (exact) mass is 335 g/mol. The molecule has 2 rings (SSSR count). The lowest BCUT2D eigenvalue weighted by molar-refractivity contribution is -0.385. The maximum atomic E-state index is 12.6. The number of carbonyl (C=O) groups is 1. The lowest BCUT2D eigenvalue weighted by Gasteiger charge is -2.29. The van der Waals surface area contributed by atoms with Crippen LogP contribution < -0.4 is 11.1 Å². The summed E-state index contributed by atoms with van der Waals surface area (Å²) in [6, 6.07) is 2.13. The molecule has 1 saturated carbocycles. The third kappa shape index (κ3) is 3.84. The van der Waals surface area contributed by atoms with Gasteiger partial charge in [0.25, 0.3) is 11.6 Å². The van der Waals surface area contributed by atoms with E-state index >= 15 is 0 Å². The van der Waals surface area contributed by atoms with Crippen LogP contribution >= 0.6 is 0 Å². The molecule has 0 saturated heterocycles. The second-order valence-electron chi connectivity index (χ2n) is 7.42. The molecule has 2 atom stereocenters. The molecule has 7 nitrogen and oxygen atoms in total. The van der Waals surface area contributed by atoms with Gasteiger partial charge in [-0.05, 0) is 18.3 Å². The summed E-state index contributed by atoms with van der Waals surface area (Å²) in [5.74, 6) is -0.737. The number of hydrogen-bond acceptors (Lipinski definition) is 5. The average Bonchev–Trinajstić information content (AvgIpc) is 2.48. The number of nitro benzene ring substituents is 1. The van der Waals surface area contributed by atoms with Gasteiger partial charge in [0.15, 0.2) is 0 Å².